The van der Waals surface area contributed by atoms with E-state index in [-0.39, 0.29) is 34.7 Å². The highest BCUT2D eigenvalue weighted by Crippen LogP contribution is 2.38. The Hall–Kier alpha value is -2.58. The Labute approximate surface area is 174 Å². The molecule has 9 heteroatoms. The second-order valence-corrected chi connectivity index (χ2v) is 9.33. The van der Waals surface area contributed by atoms with Gasteiger partial charge < -0.3 is 9.64 Å². The van der Waals surface area contributed by atoms with E-state index in [9.17, 15) is 17.6 Å². The Bertz CT molecular complexity index is 1090. The SMILES string of the molecule is C=CCN1C(=O)C(C)(C)COc2cc(NS(=O)(=O)c3ccc(F)c(Cl)c3)ccc21. The number of carbonyl (C=O) groups excluding carboxylic acids is 1. The third-order valence-electron chi connectivity index (χ3n) is 4.43. The lowest BCUT2D eigenvalue weighted by Crippen LogP contribution is -2.42. The number of fused-ring (bicyclic) bond motifs is 1. The number of hydrogen-bond donors (Lipinski definition) is 1. The number of hydrogen-bond acceptors (Lipinski definition) is 4. The van der Waals surface area contributed by atoms with Crippen molar-refractivity contribution in [2.24, 2.45) is 5.41 Å². The Morgan fingerprint density at radius 3 is 2.69 bits per heavy atom. The summed E-state index contributed by atoms with van der Waals surface area (Å²) in [6.07, 6.45) is 1.61. The largest absolute Gasteiger partial charge is 0.490 e. The maximum absolute atomic E-state index is 13.3. The smallest absolute Gasteiger partial charge is 0.261 e. The first-order valence-electron chi connectivity index (χ1n) is 8.73. The van der Waals surface area contributed by atoms with Crippen LogP contribution in [0.5, 0.6) is 5.75 Å². The van der Waals surface area contributed by atoms with Gasteiger partial charge >= 0.3 is 0 Å². The lowest BCUT2D eigenvalue weighted by molar-refractivity contribution is -0.127. The van der Waals surface area contributed by atoms with Gasteiger partial charge in [0.25, 0.3) is 10.0 Å². The Morgan fingerprint density at radius 2 is 2.03 bits per heavy atom. The first-order chi connectivity index (χ1) is 13.5. The van der Waals surface area contributed by atoms with E-state index in [0.29, 0.717) is 11.4 Å². The quantitative estimate of drug-likeness (QED) is 0.709. The second-order valence-electron chi connectivity index (χ2n) is 7.24. The van der Waals surface area contributed by atoms with Crippen LogP contribution in [0.2, 0.25) is 5.02 Å². The minimum absolute atomic E-state index is 0.120. The van der Waals surface area contributed by atoms with Crippen molar-refractivity contribution in [2.75, 3.05) is 22.8 Å². The van der Waals surface area contributed by atoms with Gasteiger partial charge in [-0.3, -0.25) is 9.52 Å². The molecule has 3 rings (SSSR count). The van der Waals surface area contributed by atoms with E-state index in [1.807, 2.05) is 0 Å². The molecule has 0 aliphatic carbocycles. The van der Waals surface area contributed by atoms with Gasteiger partial charge in [0, 0.05) is 12.6 Å². The van der Waals surface area contributed by atoms with Crippen molar-refractivity contribution in [1.29, 1.82) is 0 Å². The zero-order valence-electron chi connectivity index (χ0n) is 15.9. The predicted octanol–water partition coefficient (Wildman–Crippen LogP) is 4.22. The summed E-state index contributed by atoms with van der Waals surface area (Å²) < 4.78 is 46.8. The average molecular weight is 439 g/mol. The molecule has 0 fully saturated rings. The van der Waals surface area contributed by atoms with Crippen LogP contribution in [0.4, 0.5) is 15.8 Å². The topological polar surface area (TPSA) is 75.7 Å². The zero-order valence-corrected chi connectivity index (χ0v) is 17.5. The summed E-state index contributed by atoms with van der Waals surface area (Å²) in [6, 6.07) is 7.77. The first kappa shape index (κ1) is 21.1. The number of rotatable bonds is 5. The summed E-state index contributed by atoms with van der Waals surface area (Å²) in [7, 11) is -4.00. The monoisotopic (exact) mass is 438 g/mol. The number of ether oxygens (including phenoxy) is 1. The molecule has 0 bridgehead atoms. The number of sulfonamides is 1. The third kappa shape index (κ3) is 4.23. The minimum Gasteiger partial charge on any atom is -0.490 e. The molecule has 1 N–H and O–H groups in total. The number of amides is 1. The number of nitrogens with zero attached hydrogens (tertiary/aromatic N) is 1. The van der Waals surface area contributed by atoms with Gasteiger partial charge in [-0.05, 0) is 44.2 Å². The number of halogens is 2. The fourth-order valence-electron chi connectivity index (χ4n) is 2.88. The molecule has 154 valence electrons. The Balaban J connectivity index is 1.96. The van der Waals surface area contributed by atoms with Crippen molar-refractivity contribution in [1.82, 2.24) is 0 Å². The van der Waals surface area contributed by atoms with Gasteiger partial charge in [0.05, 0.1) is 26.7 Å². The molecule has 6 nitrogen and oxygen atoms in total. The van der Waals surface area contributed by atoms with Crippen LogP contribution in [0, 0.1) is 11.2 Å². The highest BCUT2D eigenvalue weighted by molar-refractivity contribution is 7.92. The Morgan fingerprint density at radius 1 is 1.31 bits per heavy atom. The maximum atomic E-state index is 13.3. The summed E-state index contributed by atoms with van der Waals surface area (Å²) in [5.41, 5.74) is -0.00446. The molecule has 2 aromatic carbocycles. The van der Waals surface area contributed by atoms with Crippen LogP contribution in [0.3, 0.4) is 0 Å². The summed E-state index contributed by atoms with van der Waals surface area (Å²) in [4.78, 5) is 14.2. The van der Waals surface area contributed by atoms with Crippen LogP contribution >= 0.6 is 11.6 Å². The molecule has 1 heterocycles. The highest BCUT2D eigenvalue weighted by Gasteiger charge is 2.37. The first-order valence-corrected chi connectivity index (χ1v) is 10.6. The maximum Gasteiger partial charge on any atom is 0.261 e. The molecule has 29 heavy (non-hydrogen) atoms. The molecule has 0 aromatic heterocycles. The standard InChI is InChI=1S/C20H20ClFN2O4S/c1-4-9-24-17-8-5-13(10-18(17)28-12-20(2,3)19(24)25)23-29(26,27)14-6-7-16(22)15(21)11-14/h4-8,10-11,23H,1,9,12H2,2-3H3. The Kier molecular flexibility index (Phi) is 5.60. The van der Waals surface area contributed by atoms with Crippen LogP contribution < -0.4 is 14.4 Å². The lowest BCUT2D eigenvalue weighted by atomic mass is 9.93. The van der Waals surface area contributed by atoms with Crippen molar-refractivity contribution in [3.63, 3.8) is 0 Å². The highest BCUT2D eigenvalue weighted by atomic mass is 35.5. The molecule has 1 amide bonds. The average Bonchev–Trinajstić information content (AvgIpc) is 2.74. The molecule has 0 spiro atoms. The van der Waals surface area contributed by atoms with Gasteiger partial charge in [-0.1, -0.05) is 17.7 Å². The van der Waals surface area contributed by atoms with E-state index < -0.39 is 21.3 Å². The van der Waals surface area contributed by atoms with E-state index in [0.717, 1.165) is 18.2 Å². The molecule has 0 radical (unpaired) electrons. The summed E-state index contributed by atoms with van der Waals surface area (Å²) in [5, 5.41) is -0.293. The number of anilines is 2. The fourth-order valence-corrected chi connectivity index (χ4v) is 4.20. The van der Waals surface area contributed by atoms with Gasteiger partial charge in [0.1, 0.15) is 18.2 Å². The van der Waals surface area contributed by atoms with Crippen molar-refractivity contribution < 1.29 is 22.3 Å². The van der Waals surface area contributed by atoms with Gasteiger partial charge in [-0.2, -0.15) is 0 Å². The number of carbonyl (C=O) groups is 1. The fraction of sp³-hybridized carbons (Fsp3) is 0.250. The lowest BCUT2D eigenvalue weighted by Gasteiger charge is -2.27. The van der Waals surface area contributed by atoms with Crippen molar-refractivity contribution in [3.05, 3.63) is 59.9 Å². The number of benzene rings is 2. The molecular formula is C20H20ClFN2O4S. The van der Waals surface area contributed by atoms with Crippen LogP contribution in [0.1, 0.15) is 13.8 Å². The van der Waals surface area contributed by atoms with Crippen molar-refractivity contribution >= 4 is 38.9 Å². The van der Waals surface area contributed by atoms with E-state index in [2.05, 4.69) is 11.3 Å². The summed E-state index contributed by atoms with van der Waals surface area (Å²) >= 11 is 5.69. The van der Waals surface area contributed by atoms with Gasteiger partial charge in [-0.15, -0.1) is 6.58 Å². The molecule has 1 aliphatic heterocycles. The van der Waals surface area contributed by atoms with Gasteiger partial charge in [0.2, 0.25) is 5.91 Å². The second kappa shape index (κ2) is 7.68. The van der Waals surface area contributed by atoms with Crippen LogP contribution in [0.15, 0.2) is 53.9 Å². The van der Waals surface area contributed by atoms with E-state index in [1.165, 1.54) is 12.1 Å². The van der Waals surface area contributed by atoms with Crippen molar-refractivity contribution in [2.45, 2.75) is 18.7 Å². The number of nitrogens with one attached hydrogen (secondary N) is 1. The molecule has 1 aliphatic rings. The van der Waals surface area contributed by atoms with Crippen LogP contribution in [0.25, 0.3) is 0 Å². The molecule has 0 atom stereocenters. The molecule has 0 saturated carbocycles. The van der Waals surface area contributed by atoms with E-state index in [4.69, 9.17) is 16.3 Å². The molecule has 2 aromatic rings. The van der Waals surface area contributed by atoms with Gasteiger partial charge in [0.15, 0.2) is 0 Å². The predicted molar refractivity (Wildman–Crippen MR) is 110 cm³/mol. The zero-order chi connectivity index (χ0) is 21.4. The normalized spacial score (nSPS) is 15.9. The summed E-state index contributed by atoms with van der Waals surface area (Å²) in [6.45, 7) is 7.67. The van der Waals surface area contributed by atoms with E-state index in [1.54, 1.807) is 30.9 Å². The molecular weight excluding hydrogens is 419 g/mol. The van der Waals surface area contributed by atoms with E-state index >= 15 is 0 Å². The molecule has 0 unspecified atom stereocenters. The van der Waals surface area contributed by atoms with Crippen LogP contribution in [-0.2, 0) is 14.8 Å². The van der Waals surface area contributed by atoms with Crippen LogP contribution in [-0.4, -0.2) is 27.5 Å². The van der Waals surface area contributed by atoms with Crippen molar-refractivity contribution in [3.8, 4) is 5.75 Å². The molecule has 0 saturated heterocycles. The third-order valence-corrected chi connectivity index (χ3v) is 6.10. The minimum atomic E-state index is -4.00. The summed E-state index contributed by atoms with van der Waals surface area (Å²) in [5.74, 6) is -0.466. The van der Waals surface area contributed by atoms with Gasteiger partial charge in [-0.25, -0.2) is 12.8 Å².